The van der Waals surface area contributed by atoms with E-state index in [4.69, 9.17) is 19.7 Å². The fourth-order valence-corrected chi connectivity index (χ4v) is 4.25. The Balaban J connectivity index is 2.48. The number of benzene rings is 2. The van der Waals surface area contributed by atoms with Gasteiger partial charge in [-0.2, -0.15) is 0 Å². The highest BCUT2D eigenvalue weighted by molar-refractivity contribution is 5.48. The molecule has 166 valence electrons. The summed E-state index contributed by atoms with van der Waals surface area (Å²) >= 11 is 0. The maximum absolute atomic E-state index is 9.06. The number of aliphatic hydroxyl groups excluding tert-OH is 2. The summed E-state index contributed by atoms with van der Waals surface area (Å²) in [4.78, 5) is 0. The third-order valence-electron chi connectivity index (χ3n) is 5.96. The van der Waals surface area contributed by atoms with Crippen LogP contribution in [-0.4, -0.2) is 36.6 Å². The SMILES string of the molecule is CCCCCC(CC)(c1ccc(OCCO)c(C)c1)c1ccc(OCCO)c(C)c1. The van der Waals surface area contributed by atoms with Gasteiger partial charge in [-0.3, -0.25) is 0 Å². The van der Waals surface area contributed by atoms with Gasteiger partial charge in [-0.25, -0.2) is 0 Å². The van der Waals surface area contributed by atoms with Crippen LogP contribution >= 0.6 is 0 Å². The van der Waals surface area contributed by atoms with E-state index in [0.717, 1.165) is 35.5 Å². The molecule has 0 aliphatic rings. The van der Waals surface area contributed by atoms with Crippen LogP contribution in [0.5, 0.6) is 11.5 Å². The normalized spacial score (nSPS) is 11.5. The molecule has 0 aliphatic carbocycles. The Hall–Kier alpha value is -2.04. The summed E-state index contributed by atoms with van der Waals surface area (Å²) in [5, 5.41) is 18.1. The summed E-state index contributed by atoms with van der Waals surface area (Å²) in [5.74, 6) is 1.66. The van der Waals surface area contributed by atoms with Crippen LogP contribution in [0.15, 0.2) is 36.4 Å². The topological polar surface area (TPSA) is 58.9 Å². The first kappa shape index (κ1) is 24.2. The summed E-state index contributed by atoms with van der Waals surface area (Å²) in [6.07, 6.45) is 5.68. The van der Waals surface area contributed by atoms with Crippen LogP contribution in [0.1, 0.15) is 68.2 Å². The summed E-state index contributed by atoms with van der Waals surface area (Å²) in [6.45, 7) is 9.29. The van der Waals surface area contributed by atoms with Crippen molar-refractivity contribution >= 4 is 0 Å². The Morgan fingerprint density at radius 2 is 1.27 bits per heavy atom. The van der Waals surface area contributed by atoms with Crippen molar-refractivity contribution in [3.63, 3.8) is 0 Å². The fourth-order valence-electron chi connectivity index (χ4n) is 4.25. The molecule has 0 radical (unpaired) electrons. The average Bonchev–Trinajstić information content (AvgIpc) is 2.75. The molecule has 0 saturated carbocycles. The first-order valence-electron chi connectivity index (χ1n) is 11.2. The third-order valence-corrected chi connectivity index (χ3v) is 5.96. The zero-order chi connectivity index (χ0) is 22.0. The second-order valence-corrected chi connectivity index (χ2v) is 8.00. The van der Waals surface area contributed by atoms with Crippen LogP contribution < -0.4 is 9.47 Å². The van der Waals surface area contributed by atoms with Crippen LogP contribution in [0.2, 0.25) is 0 Å². The molecule has 0 unspecified atom stereocenters. The predicted molar refractivity (Wildman–Crippen MR) is 123 cm³/mol. The molecular formula is C26H38O4. The van der Waals surface area contributed by atoms with Gasteiger partial charge < -0.3 is 19.7 Å². The van der Waals surface area contributed by atoms with Crippen LogP contribution in [0.25, 0.3) is 0 Å². The molecule has 2 N–H and O–H groups in total. The summed E-state index contributed by atoms with van der Waals surface area (Å²) in [6, 6.07) is 12.9. The van der Waals surface area contributed by atoms with E-state index in [1.54, 1.807) is 0 Å². The molecule has 30 heavy (non-hydrogen) atoms. The lowest BCUT2D eigenvalue weighted by Gasteiger charge is -2.35. The molecule has 4 heteroatoms. The minimum Gasteiger partial charge on any atom is -0.491 e. The van der Waals surface area contributed by atoms with E-state index in [9.17, 15) is 0 Å². The van der Waals surface area contributed by atoms with Crippen molar-refractivity contribution < 1.29 is 19.7 Å². The molecule has 2 aromatic carbocycles. The monoisotopic (exact) mass is 414 g/mol. The van der Waals surface area contributed by atoms with E-state index in [-0.39, 0.29) is 18.6 Å². The van der Waals surface area contributed by atoms with Crippen LogP contribution in [-0.2, 0) is 5.41 Å². The smallest absolute Gasteiger partial charge is 0.122 e. The molecule has 0 atom stereocenters. The number of ether oxygens (including phenoxy) is 2. The Labute approximate surface area is 181 Å². The highest BCUT2D eigenvalue weighted by Crippen LogP contribution is 2.43. The maximum Gasteiger partial charge on any atom is 0.122 e. The van der Waals surface area contributed by atoms with E-state index in [1.165, 1.54) is 30.4 Å². The second-order valence-electron chi connectivity index (χ2n) is 8.00. The highest BCUT2D eigenvalue weighted by Gasteiger charge is 2.33. The summed E-state index contributed by atoms with van der Waals surface area (Å²) in [5.41, 5.74) is 4.72. The highest BCUT2D eigenvalue weighted by atomic mass is 16.5. The van der Waals surface area contributed by atoms with Crippen molar-refractivity contribution in [2.24, 2.45) is 0 Å². The molecule has 0 spiro atoms. The molecule has 0 aromatic heterocycles. The van der Waals surface area contributed by atoms with Gasteiger partial charge >= 0.3 is 0 Å². The van der Waals surface area contributed by atoms with Gasteiger partial charge in [0.2, 0.25) is 0 Å². The number of aryl methyl sites for hydroxylation is 2. The zero-order valence-corrected chi connectivity index (χ0v) is 19.0. The lowest BCUT2D eigenvalue weighted by atomic mass is 9.68. The Morgan fingerprint density at radius 1 is 0.767 bits per heavy atom. The lowest BCUT2D eigenvalue weighted by Crippen LogP contribution is -2.27. The third kappa shape index (κ3) is 5.77. The van der Waals surface area contributed by atoms with Gasteiger partial charge in [0.25, 0.3) is 0 Å². The van der Waals surface area contributed by atoms with Crippen LogP contribution in [0, 0.1) is 13.8 Å². The summed E-state index contributed by atoms with van der Waals surface area (Å²) < 4.78 is 11.4. The average molecular weight is 415 g/mol. The van der Waals surface area contributed by atoms with Crippen molar-refractivity contribution in [2.45, 2.75) is 65.2 Å². The van der Waals surface area contributed by atoms with Gasteiger partial charge in [0.05, 0.1) is 13.2 Å². The number of hydrogen-bond donors (Lipinski definition) is 2. The Kier molecular flexibility index (Phi) is 9.67. The van der Waals surface area contributed by atoms with Crippen molar-refractivity contribution in [3.8, 4) is 11.5 Å². The Bertz CT molecular complexity index is 727. The van der Waals surface area contributed by atoms with E-state index in [0.29, 0.717) is 13.2 Å². The molecule has 0 saturated heterocycles. The maximum atomic E-state index is 9.06. The van der Waals surface area contributed by atoms with E-state index >= 15 is 0 Å². The van der Waals surface area contributed by atoms with Gasteiger partial charge in [-0.1, -0.05) is 57.4 Å². The van der Waals surface area contributed by atoms with Crippen molar-refractivity contribution in [3.05, 3.63) is 58.7 Å². The van der Waals surface area contributed by atoms with Crippen LogP contribution in [0.3, 0.4) is 0 Å². The summed E-state index contributed by atoms with van der Waals surface area (Å²) in [7, 11) is 0. The van der Waals surface area contributed by atoms with Gasteiger partial charge in [0.15, 0.2) is 0 Å². The second kappa shape index (κ2) is 12.0. The van der Waals surface area contributed by atoms with E-state index in [1.807, 2.05) is 12.1 Å². The quantitative estimate of drug-likeness (QED) is 0.435. The molecular weight excluding hydrogens is 376 g/mol. The molecule has 0 bridgehead atoms. The molecule has 4 nitrogen and oxygen atoms in total. The first-order chi connectivity index (χ1) is 14.5. The first-order valence-corrected chi connectivity index (χ1v) is 11.2. The molecule has 0 fully saturated rings. The van der Waals surface area contributed by atoms with Gasteiger partial charge in [0.1, 0.15) is 24.7 Å². The van der Waals surface area contributed by atoms with E-state index < -0.39 is 0 Å². The molecule has 0 aliphatic heterocycles. The molecule has 2 aromatic rings. The molecule has 2 rings (SSSR count). The number of aliphatic hydroxyl groups is 2. The van der Waals surface area contributed by atoms with Gasteiger partial charge in [-0.05, 0) is 61.1 Å². The lowest BCUT2D eigenvalue weighted by molar-refractivity contribution is 0.200. The number of hydrogen-bond acceptors (Lipinski definition) is 4. The van der Waals surface area contributed by atoms with Gasteiger partial charge in [0, 0.05) is 5.41 Å². The minimum atomic E-state index is -0.0737. The number of unbranched alkanes of at least 4 members (excludes halogenated alkanes) is 2. The van der Waals surface area contributed by atoms with Crippen LogP contribution in [0.4, 0.5) is 0 Å². The van der Waals surface area contributed by atoms with Crippen molar-refractivity contribution in [1.29, 1.82) is 0 Å². The molecule has 0 heterocycles. The van der Waals surface area contributed by atoms with E-state index in [2.05, 4.69) is 52.0 Å². The fraction of sp³-hybridized carbons (Fsp3) is 0.538. The molecule has 0 amide bonds. The van der Waals surface area contributed by atoms with Crippen molar-refractivity contribution in [1.82, 2.24) is 0 Å². The van der Waals surface area contributed by atoms with Crippen molar-refractivity contribution in [2.75, 3.05) is 26.4 Å². The number of rotatable bonds is 13. The zero-order valence-electron chi connectivity index (χ0n) is 19.0. The predicted octanol–water partition coefficient (Wildman–Crippen LogP) is 5.32. The standard InChI is InChI=1S/C26H38O4/c1-5-7-8-13-26(6-2,22-9-11-24(20(3)18-22)29-16-14-27)23-10-12-25(21(4)19-23)30-17-15-28/h9-12,18-19,27-28H,5-8,13-17H2,1-4H3. The largest absolute Gasteiger partial charge is 0.491 e. The minimum absolute atomic E-state index is 0.0150. The Morgan fingerprint density at radius 3 is 1.63 bits per heavy atom. The van der Waals surface area contributed by atoms with Gasteiger partial charge in [-0.15, -0.1) is 0 Å².